The number of hydrogen-bond acceptors (Lipinski definition) is 3. The molecule has 0 saturated heterocycles. The molecule has 0 unspecified atom stereocenters. The smallest absolute Gasteiger partial charge is 0.0587 e. The molecule has 0 bridgehead atoms. The number of ether oxygens (including phenoxy) is 1. The summed E-state index contributed by atoms with van der Waals surface area (Å²) in [6, 6.07) is 0. The van der Waals surface area contributed by atoms with Crippen molar-refractivity contribution in [3.05, 3.63) is 0 Å². The van der Waals surface area contributed by atoms with Gasteiger partial charge in [0.2, 0.25) is 0 Å². The van der Waals surface area contributed by atoms with Gasteiger partial charge in [-0.1, -0.05) is 19.8 Å². The molecule has 98 valence electrons. The average Bonchev–Trinajstić information content (AvgIpc) is 2.28. The molecule has 3 heteroatoms. The van der Waals surface area contributed by atoms with E-state index < -0.39 is 0 Å². The zero-order valence-corrected chi connectivity index (χ0v) is 11.4. The van der Waals surface area contributed by atoms with Gasteiger partial charge in [-0.15, -0.1) is 0 Å². The van der Waals surface area contributed by atoms with Gasteiger partial charge in [0.25, 0.3) is 0 Å². The van der Waals surface area contributed by atoms with Crippen molar-refractivity contribution in [2.75, 3.05) is 46.9 Å². The normalized spacial score (nSPS) is 11.2. The first-order valence-corrected chi connectivity index (χ1v) is 6.69. The standard InChI is InChI=1S/C13H30N2O/c1-4-5-7-11-15(2)12-8-6-9-14-10-13-16-3/h14H,4-13H2,1-3H3. The number of nitrogens with one attached hydrogen (secondary N) is 1. The predicted molar refractivity (Wildman–Crippen MR) is 71.0 cm³/mol. The fourth-order valence-electron chi connectivity index (χ4n) is 1.67. The Hall–Kier alpha value is -0.120. The molecule has 0 heterocycles. The van der Waals surface area contributed by atoms with E-state index in [0.29, 0.717) is 0 Å². The van der Waals surface area contributed by atoms with Crippen LogP contribution in [0, 0.1) is 0 Å². The molecule has 0 aliphatic rings. The minimum atomic E-state index is 0.816. The second-order valence-electron chi connectivity index (χ2n) is 4.46. The molecule has 0 fully saturated rings. The van der Waals surface area contributed by atoms with Crippen molar-refractivity contribution in [2.24, 2.45) is 0 Å². The zero-order valence-electron chi connectivity index (χ0n) is 11.4. The summed E-state index contributed by atoms with van der Waals surface area (Å²) in [5, 5.41) is 3.37. The van der Waals surface area contributed by atoms with Crippen molar-refractivity contribution in [3.8, 4) is 0 Å². The summed E-state index contributed by atoms with van der Waals surface area (Å²) in [5.74, 6) is 0. The molecule has 0 aromatic heterocycles. The van der Waals surface area contributed by atoms with Crippen molar-refractivity contribution in [1.29, 1.82) is 0 Å². The lowest BCUT2D eigenvalue weighted by Gasteiger charge is -2.16. The number of rotatable bonds is 12. The summed E-state index contributed by atoms with van der Waals surface area (Å²) >= 11 is 0. The minimum absolute atomic E-state index is 0.816. The Balaban J connectivity index is 3.06. The van der Waals surface area contributed by atoms with Gasteiger partial charge in [-0.25, -0.2) is 0 Å². The summed E-state index contributed by atoms with van der Waals surface area (Å²) < 4.78 is 4.97. The summed E-state index contributed by atoms with van der Waals surface area (Å²) in [5.41, 5.74) is 0. The monoisotopic (exact) mass is 230 g/mol. The Morgan fingerprint density at radius 1 is 1.00 bits per heavy atom. The Labute approximate surface area is 102 Å². The van der Waals surface area contributed by atoms with Crippen LogP contribution in [0.25, 0.3) is 0 Å². The second-order valence-corrected chi connectivity index (χ2v) is 4.46. The van der Waals surface area contributed by atoms with Crippen molar-refractivity contribution >= 4 is 0 Å². The minimum Gasteiger partial charge on any atom is -0.383 e. The number of hydrogen-bond donors (Lipinski definition) is 1. The fraction of sp³-hybridized carbons (Fsp3) is 1.00. The maximum absolute atomic E-state index is 4.97. The van der Waals surface area contributed by atoms with E-state index in [9.17, 15) is 0 Å². The molecule has 0 amide bonds. The zero-order chi connectivity index (χ0) is 12.1. The largest absolute Gasteiger partial charge is 0.383 e. The van der Waals surface area contributed by atoms with E-state index in [4.69, 9.17) is 4.74 Å². The predicted octanol–water partition coefficient (Wildman–Crippen LogP) is 2.12. The van der Waals surface area contributed by atoms with Crippen LogP contribution in [-0.2, 0) is 4.74 Å². The molecule has 0 rings (SSSR count). The van der Waals surface area contributed by atoms with Crippen molar-refractivity contribution in [1.82, 2.24) is 10.2 Å². The summed E-state index contributed by atoms with van der Waals surface area (Å²) in [7, 11) is 3.97. The van der Waals surface area contributed by atoms with Crippen LogP contribution in [0.3, 0.4) is 0 Å². The van der Waals surface area contributed by atoms with Crippen LogP contribution in [0.15, 0.2) is 0 Å². The molecule has 0 radical (unpaired) electrons. The summed E-state index contributed by atoms with van der Waals surface area (Å²) in [4.78, 5) is 2.45. The van der Waals surface area contributed by atoms with E-state index in [2.05, 4.69) is 24.2 Å². The van der Waals surface area contributed by atoms with E-state index in [1.807, 2.05) is 0 Å². The molecule has 0 aromatic rings. The van der Waals surface area contributed by atoms with Gasteiger partial charge in [0.1, 0.15) is 0 Å². The highest BCUT2D eigenvalue weighted by Gasteiger charge is 1.97. The highest BCUT2D eigenvalue weighted by molar-refractivity contribution is 4.54. The topological polar surface area (TPSA) is 24.5 Å². The molecule has 0 aliphatic carbocycles. The highest BCUT2D eigenvalue weighted by atomic mass is 16.5. The van der Waals surface area contributed by atoms with Crippen molar-refractivity contribution < 1.29 is 4.74 Å². The number of unbranched alkanes of at least 4 members (excludes halogenated alkanes) is 3. The average molecular weight is 230 g/mol. The van der Waals surface area contributed by atoms with Crippen LogP contribution in [-0.4, -0.2) is 51.8 Å². The first-order chi connectivity index (χ1) is 7.81. The van der Waals surface area contributed by atoms with Crippen LogP contribution in [0.4, 0.5) is 0 Å². The molecule has 0 spiro atoms. The van der Waals surface area contributed by atoms with Crippen LogP contribution >= 0.6 is 0 Å². The second kappa shape index (κ2) is 12.9. The van der Waals surface area contributed by atoms with Gasteiger partial charge in [0.05, 0.1) is 6.61 Å². The lowest BCUT2D eigenvalue weighted by atomic mass is 10.2. The summed E-state index contributed by atoms with van der Waals surface area (Å²) in [6.07, 6.45) is 6.59. The maximum Gasteiger partial charge on any atom is 0.0587 e. The van der Waals surface area contributed by atoms with Crippen LogP contribution in [0.2, 0.25) is 0 Å². The SMILES string of the molecule is CCCCCN(C)CCCCNCCOC. The molecular weight excluding hydrogens is 200 g/mol. The third-order valence-electron chi connectivity index (χ3n) is 2.77. The Bertz CT molecular complexity index is 131. The molecule has 0 aliphatic heterocycles. The highest BCUT2D eigenvalue weighted by Crippen LogP contribution is 1.98. The summed E-state index contributed by atoms with van der Waals surface area (Å²) in [6.45, 7) is 7.65. The van der Waals surface area contributed by atoms with Gasteiger partial charge in [-0.3, -0.25) is 0 Å². The molecule has 0 aromatic carbocycles. The van der Waals surface area contributed by atoms with E-state index in [0.717, 1.165) is 19.7 Å². The molecule has 16 heavy (non-hydrogen) atoms. The quantitative estimate of drug-likeness (QED) is 0.520. The van der Waals surface area contributed by atoms with E-state index in [1.165, 1.54) is 45.2 Å². The Morgan fingerprint density at radius 2 is 1.69 bits per heavy atom. The first kappa shape index (κ1) is 15.9. The number of nitrogens with zero attached hydrogens (tertiary/aromatic N) is 1. The van der Waals surface area contributed by atoms with Crippen LogP contribution < -0.4 is 5.32 Å². The fourth-order valence-corrected chi connectivity index (χ4v) is 1.67. The molecule has 3 nitrogen and oxygen atoms in total. The van der Waals surface area contributed by atoms with Crippen molar-refractivity contribution in [3.63, 3.8) is 0 Å². The maximum atomic E-state index is 4.97. The van der Waals surface area contributed by atoms with Crippen LogP contribution in [0.5, 0.6) is 0 Å². The van der Waals surface area contributed by atoms with Gasteiger partial charge in [0, 0.05) is 13.7 Å². The van der Waals surface area contributed by atoms with Gasteiger partial charge < -0.3 is 15.0 Å². The van der Waals surface area contributed by atoms with E-state index in [1.54, 1.807) is 7.11 Å². The van der Waals surface area contributed by atoms with Crippen LogP contribution in [0.1, 0.15) is 39.0 Å². The lowest BCUT2D eigenvalue weighted by Crippen LogP contribution is -2.23. The molecule has 1 N–H and O–H groups in total. The third kappa shape index (κ3) is 12.0. The number of methoxy groups -OCH3 is 1. The molecule has 0 atom stereocenters. The van der Waals surface area contributed by atoms with Gasteiger partial charge >= 0.3 is 0 Å². The van der Waals surface area contributed by atoms with E-state index >= 15 is 0 Å². The van der Waals surface area contributed by atoms with Gasteiger partial charge in [0.15, 0.2) is 0 Å². The van der Waals surface area contributed by atoms with Gasteiger partial charge in [-0.05, 0) is 45.9 Å². The lowest BCUT2D eigenvalue weighted by molar-refractivity contribution is 0.199. The van der Waals surface area contributed by atoms with Crippen molar-refractivity contribution in [2.45, 2.75) is 39.0 Å². The van der Waals surface area contributed by atoms with Gasteiger partial charge in [-0.2, -0.15) is 0 Å². The molecule has 0 saturated carbocycles. The third-order valence-corrected chi connectivity index (χ3v) is 2.77. The first-order valence-electron chi connectivity index (χ1n) is 6.69. The molecular formula is C13H30N2O. The Morgan fingerprint density at radius 3 is 2.31 bits per heavy atom. The van der Waals surface area contributed by atoms with E-state index in [-0.39, 0.29) is 0 Å². The Kier molecular flexibility index (Phi) is 12.9.